The average molecular weight is 557 g/mol. The summed E-state index contributed by atoms with van der Waals surface area (Å²) in [7, 11) is -4.09. The fraction of sp³-hybridized carbons (Fsp3) is 0.0714. The van der Waals surface area contributed by atoms with Gasteiger partial charge in [0.05, 0.1) is 28.4 Å². The summed E-state index contributed by atoms with van der Waals surface area (Å²) < 4.78 is 28.9. The molecule has 5 rings (SSSR count). The van der Waals surface area contributed by atoms with Crippen LogP contribution in [0.1, 0.15) is 18.0 Å². The van der Waals surface area contributed by atoms with E-state index in [-0.39, 0.29) is 4.90 Å². The van der Waals surface area contributed by atoms with E-state index < -0.39 is 34.5 Å². The number of aromatic nitrogens is 3. The van der Waals surface area contributed by atoms with Crippen molar-refractivity contribution in [3.63, 3.8) is 0 Å². The zero-order valence-electron chi connectivity index (χ0n) is 20.9. The Morgan fingerprint density at radius 1 is 0.900 bits per heavy atom. The van der Waals surface area contributed by atoms with Gasteiger partial charge in [-0.15, -0.1) is 0 Å². The van der Waals surface area contributed by atoms with E-state index in [9.17, 15) is 23.1 Å². The Morgan fingerprint density at radius 2 is 1.68 bits per heavy atom. The zero-order chi connectivity index (χ0) is 28.1. The lowest BCUT2D eigenvalue weighted by molar-refractivity contribution is -0.137. The highest BCUT2D eigenvalue weighted by atomic mass is 32.2. The maximum Gasteiger partial charge on any atom is 0.326 e. The highest BCUT2D eigenvalue weighted by Crippen LogP contribution is 2.27. The Morgan fingerprint density at radius 3 is 2.42 bits per heavy atom. The van der Waals surface area contributed by atoms with Gasteiger partial charge < -0.3 is 15.4 Å². The lowest BCUT2D eigenvalue weighted by Crippen LogP contribution is -2.30. The number of urea groups is 1. The third kappa shape index (κ3) is 6.31. The SMILES string of the molecule is O=C(O)CC(NS(=O)(=O)c1cccc(-c2cccc(NC(=O)Nc3nc4ccccc4[nH]3)c2)c1)c1cccnc1. The highest BCUT2D eigenvalue weighted by molar-refractivity contribution is 7.89. The van der Waals surface area contributed by atoms with E-state index in [1.807, 2.05) is 24.3 Å². The van der Waals surface area contributed by atoms with Crippen LogP contribution in [0.2, 0.25) is 0 Å². The van der Waals surface area contributed by atoms with E-state index in [0.29, 0.717) is 28.3 Å². The van der Waals surface area contributed by atoms with Crippen molar-refractivity contribution in [3.8, 4) is 11.1 Å². The number of hydrogen-bond donors (Lipinski definition) is 5. The van der Waals surface area contributed by atoms with Gasteiger partial charge in [-0.3, -0.25) is 15.1 Å². The maximum atomic E-state index is 13.2. The number of aliphatic carboxylic acids is 1. The van der Waals surface area contributed by atoms with Crippen molar-refractivity contribution in [1.29, 1.82) is 0 Å². The molecule has 202 valence electrons. The molecule has 5 N–H and O–H groups in total. The van der Waals surface area contributed by atoms with Gasteiger partial charge in [0, 0.05) is 18.1 Å². The summed E-state index contributed by atoms with van der Waals surface area (Å²) in [5.41, 5.74) is 3.67. The maximum absolute atomic E-state index is 13.2. The molecule has 0 saturated carbocycles. The summed E-state index contributed by atoms with van der Waals surface area (Å²) in [6.45, 7) is 0. The summed E-state index contributed by atoms with van der Waals surface area (Å²) >= 11 is 0. The van der Waals surface area contributed by atoms with Crippen molar-refractivity contribution in [2.45, 2.75) is 17.4 Å². The number of hydrogen-bond acceptors (Lipinski definition) is 6. The van der Waals surface area contributed by atoms with Crippen molar-refractivity contribution in [3.05, 3.63) is 103 Å². The van der Waals surface area contributed by atoms with Gasteiger partial charge in [0.1, 0.15) is 0 Å². The minimum Gasteiger partial charge on any atom is -0.481 e. The summed E-state index contributed by atoms with van der Waals surface area (Å²) in [6.07, 6.45) is 2.49. The Hall–Kier alpha value is -5.07. The number of carboxylic acids is 1. The van der Waals surface area contributed by atoms with Crippen LogP contribution in [0.5, 0.6) is 0 Å². The Balaban J connectivity index is 1.33. The Bertz CT molecular complexity index is 1760. The van der Waals surface area contributed by atoms with Crippen LogP contribution in [0.4, 0.5) is 16.4 Å². The van der Waals surface area contributed by atoms with Gasteiger partial charge in [-0.1, -0.05) is 42.5 Å². The monoisotopic (exact) mass is 556 g/mol. The predicted octanol–water partition coefficient (Wildman–Crippen LogP) is 4.76. The number of pyridine rings is 1. The molecule has 0 aliphatic rings. The van der Waals surface area contributed by atoms with Crippen LogP contribution >= 0.6 is 0 Å². The fourth-order valence-corrected chi connectivity index (χ4v) is 5.41. The molecular formula is C28H24N6O5S. The molecule has 0 fully saturated rings. The van der Waals surface area contributed by atoms with Crippen LogP contribution < -0.4 is 15.4 Å². The van der Waals surface area contributed by atoms with Gasteiger partial charge >= 0.3 is 12.0 Å². The van der Waals surface area contributed by atoms with E-state index in [1.165, 1.54) is 24.5 Å². The lowest BCUT2D eigenvalue weighted by atomic mass is 10.1. The van der Waals surface area contributed by atoms with Crippen molar-refractivity contribution in [2.24, 2.45) is 0 Å². The summed E-state index contributed by atoms with van der Waals surface area (Å²) in [4.78, 5) is 35.2. The van der Waals surface area contributed by atoms with Crippen LogP contribution in [0.25, 0.3) is 22.2 Å². The number of H-pyrrole nitrogens is 1. The highest BCUT2D eigenvalue weighted by Gasteiger charge is 2.24. The molecule has 11 nitrogen and oxygen atoms in total. The molecule has 3 aromatic carbocycles. The molecule has 0 saturated heterocycles. The molecule has 0 aliphatic carbocycles. The number of carbonyl (C=O) groups is 2. The van der Waals surface area contributed by atoms with Crippen LogP contribution in [-0.2, 0) is 14.8 Å². The van der Waals surface area contributed by atoms with Gasteiger partial charge in [-0.2, -0.15) is 0 Å². The smallest absolute Gasteiger partial charge is 0.326 e. The van der Waals surface area contributed by atoms with Gasteiger partial charge in [0.25, 0.3) is 0 Å². The number of benzene rings is 3. The normalized spacial score (nSPS) is 12.1. The number of para-hydroxylation sites is 2. The second-order valence-electron chi connectivity index (χ2n) is 8.85. The van der Waals surface area contributed by atoms with E-state index in [1.54, 1.807) is 48.5 Å². The number of imidazole rings is 1. The van der Waals surface area contributed by atoms with E-state index in [2.05, 4.69) is 30.3 Å². The zero-order valence-corrected chi connectivity index (χ0v) is 21.7. The third-order valence-electron chi connectivity index (χ3n) is 5.98. The second-order valence-corrected chi connectivity index (χ2v) is 10.6. The fourth-order valence-electron chi connectivity index (χ4n) is 4.14. The number of anilines is 2. The number of carbonyl (C=O) groups excluding carboxylic acids is 1. The summed E-state index contributed by atoms with van der Waals surface area (Å²) in [5.74, 6) is -0.855. The molecule has 5 aromatic rings. The number of amides is 2. The number of rotatable bonds is 9. The van der Waals surface area contributed by atoms with Gasteiger partial charge in [-0.25, -0.2) is 22.9 Å². The van der Waals surface area contributed by atoms with Crippen molar-refractivity contribution < 1.29 is 23.1 Å². The number of fused-ring (bicyclic) bond motifs is 1. The number of aromatic amines is 1. The predicted molar refractivity (Wildman–Crippen MR) is 150 cm³/mol. The van der Waals surface area contributed by atoms with E-state index >= 15 is 0 Å². The first-order valence-corrected chi connectivity index (χ1v) is 13.6. The number of nitrogens with zero attached hydrogens (tertiary/aromatic N) is 2. The molecule has 0 spiro atoms. The van der Waals surface area contributed by atoms with E-state index in [4.69, 9.17) is 0 Å². The van der Waals surface area contributed by atoms with Crippen LogP contribution in [-0.4, -0.2) is 40.5 Å². The minimum atomic E-state index is -4.09. The molecule has 12 heteroatoms. The number of sulfonamides is 1. The van der Waals surface area contributed by atoms with Crippen molar-refractivity contribution >= 4 is 44.7 Å². The van der Waals surface area contributed by atoms with Gasteiger partial charge in [0.15, 0.2) is 0 Å². The molecule has 2 amide bonds. The Kier molecular flexibility index (Phi) is 7.53. The summed E-state index contributed by atoms with van der Waals surface area (Å²) in [5, 5.41) is 14.7. The second kappa shape index (κ2) is 11.4. The standard InChI is InChI=1S/C28H24N6O5S/c35-26(36)16-25(20-8-5-13-29-17-20)34-40(38,39)22-10-4-7-19(15-22)18-6-3-9-21(14-18)30-28(37)33-27-31-23-11-1-2-12-24(23)32-27/h1-15,17,25,34H,16H2,(H,35,36)(H3,30,31,32,33,37). The molecule has 40 heavy (non-hydrogen) atoms. The first-order valence-electron chi connectivity index (χ1n) is 12.1. The first-order chi connectivity index (χ1) is 19.3. The van der Waals surface area contributed by atoms with Crippen LogP contribution in [0.3, 0.4) is 0 Å². The largest absolute Gasteiger partial charge is 0.481 e. The molecule has 1 atom stereocenters. The molecule has 1 unspecified atom stereocenters. The van der Waals surface area contributed by atoms with Crippen LogP contribution in [0, 0.1) is 0 Å². The van der Waals surface area contributed by atoms with Crippen molar-refractivity contribution in [2.75, 3.05) is 10.6 Å². The molecule has 2 aromatic heterocycles. The minimum absolute atomic E-state index is 0.0368. The first kappa shape index (κ1) is 26.5. The number of nitrogens with one attached hydrogen (secondary N) is 4. The van der Waals surface area contributed by atoms with Crippen LogP contribution in [0.15, 0.2) is 102 Å². The van der Waals surface area contributed by atoms with Gasteiger partial charge in [-0.05, 0) is 59.2 Å². The quantitative estimate of drug-likeness (QED) is 0.174. The van der Waals surface area contributed by atoms with Crippen molar-refractivity contribution in [1.82, 2.24) is 19.7 Å². The molecule has 0 aliphatic heterocycles. The molecule has 0 radical (unpaired) electrons. The molecular weight excluding hydrogens is 532 g/mol. The summed E-state index contributed by atoms with van der Waals surface area (Å²) in [6, 6.07) is 22.3. The Labute approximate surface area is 229 Å². The average Bonchev–Trinajstić information content (AvgIpc) is 3.35. The molecule has 0 bridgehead atoms. The molecule has 2 heterocycles. The number of carboxylic acid groups (broad SMARTS) is 1. The lowest BCUT2D eigenvalue weighted by Gasteiger charge is -2.17. The van der Waals surface area contributed by atoms with E-state index in [0.717, 1.165) is 11.0 Å². The van der Waals surface area contributed by atoms with Gasteiger partial charge in [0.2, 0.25) is 16.0 Å². The third-order valence-corrected chi connectivity index (χ3v) is 7.45. The topological polar surface area (TPSA) is 166 Å².